The van der Waals surface area contributed by atoms with Crippen molar-refractivity contribution < 1.29 is 0 Å². The average Bonchev–Trinajstić information content (AvgIpc) is 3.71. The molecule has 0 saturated heterocycles. The molecule has 1 heteroatoms. The third-order valence-corrected chi connectivity index (χ3v) is 10.9. The molecule has 0 radical (unpaired) electrons. The van der Waals surface area contributed by atoms with Gasteiger partial charge in [-0.2, -0.15) is 0 Å². The van der Waals surface area contributed by atoms with E-state index in [-0.39, 0.29) is 5.92 Å². The third kappa shape index (κ3) is 4.85. The summed E-state index contributed by atoms with van der Waals surface area (Å²) in [6.45, 7) is 2.22. The summed E-state index contributed by atoms with van der Waals surface area (Å²) >= 11 is 0. The minimum absolute atomic E-state index is 0.277. The van der Waals surface area contributed by atoms with Crippen LogP contribution in [0.3, 0.4) is 0 Å². The molecule has 0 spiro atoms. The lowest BCUT2D eigenvalue weighted by molar-refractivity contribution is 1.02. The van der Waals surface area contributed by atoms with Crippen LogP contribution in [0.2, 0.25) is 0 Å². The molecule has 240 valence electrons. The van der Waals surface area contributed by atoms with E-state index in [1.165, 1.54) is 94.3 Å². The van der Waals surface area contributed by atoms with Gasteiger partial charge in [0, 0.05) is 22.4 Å². The highest BCUT2D eigenvalue weighted by Crippen LogP contribution is 2.48. The third-order valence-electron chi connectivity index (χ3n) is 10.9. The second-order valence-corrected chi connectivity index (χ2v) is 13.8. The molecule has 1 nitrogen and oxygen atoms in total. The van der Waals surface area contributed by atoms with Gasteiger partial charge in [-0.1, -0.05) is 164 Å². The van der Waals surface area contributed by atoms with Gasteiger partial charge in [-0.05, 0) is 98.0 Å². The predicted octanol–water partition coefficient (Wildman–Crippen LogP) is 13.3. The van der Waals surface area contributed by atoms with Crippen LogP contribution < -0.4 is 0 Å². The highest BCUT2D eigenvalue weighted by Gasteiger charge is 2.29. The van der Waals surface area contributed by atoms with Gasteiger partial charge in [-0.3, -0.25) is 0 Å². The molecule has 1 aliphatic rings. The van der Waals surface area contributed by atoms with Gasteiger partial charge in [0.15, 0.2) is 0 Å². The van der Waals surface area contributed by atoms with Crippen molar-refractivity contribution in [3.05, 3.63) is 210 Å². The number of rotatable bonds is 5. The lowest BCUT2D eigenvalue weighted by Crippen LogP contribution is -1.98. The first kappa shape index (κ1) is 29.5. The Balaban J connectivity index is 0.891. The minimum atomic E-state index is 0.277. The van der Waals surface area contributed by atoms with Crippen molar-refractivity contribution in [1.29, 1.82) is 0 Å². The first-order chi connectivity index (χ1) is 25.2. The number of nitrogens with zero attached hydrogens (tertiary/aromatic N) is 1. The van der Waals surface area contributed by atoms with Crippen LogP contribution >= 0.6 is 0 Å². The summed E-state index contributed by atoms with van der Waals surface area (Å²) in [5, 5.41) is 2.57. The van der Waals surface area contributed by atoms with Crippen LogP contribution in [0, 0.1) is 6.92 Å². The molecule has 0 amide bonds. The molecule has 10 rings (SSSR count). The monoisotopic (exact) mass is 649 g/mol. The van der Waals surface area contributed by atoms with Crippen LogP contribution in [0.4, 0.5) is 0 Å². The van der Waals surface area contributed by atoms with Crippen LogP contribution in [0.25, 0.3) is 72.0 Å². The summed E-state index contributed by atoms with van der Waals surface area (Å²) < 4.78 is 2.40. The fourth-order valence-electron chi connectivity index (χ4n) is 8.36. The highest BCUT2D eigenvalue weighted by atomic mass is 15.0. The quantitative estimate of drug-likeness (QED) is 0.175. The van der Waals surface area contributed by atoms with E-state index in [9.17, 15) is 0 Å². The second-order valence-electron chi connectivity index (χ2n) is 13.8. The summed E-state index contributed by atoms with van der Waals surface area (Å²) in [7, 11) is 0. The number of aromatic nitrogens is 1. The van der Waals surface area contributed by atoms with Crippen molar-refractivity contribution in [2.75, 3.05) is 0 Å². The van der Waals surface area contributed by atoms with Gasteiger partial charge in [-0.25, -0.2) is 0 Å². The van der Waals surface area contributed by atoms with Gasteiger partial charge in [0.05, 0.1) is 11.0 Å². The van der Waals surface area contributed by atoms with Crippen molar-refractivity contribution in [3.63, 3.8) is 0 Å². The number of hydrogen-bond donors (Lipinski definition) is 0. The minimum Gasteiger partial charge on any atom is -0.309 e. The van der Waals surface area contributed by atoms with Gasteiger partial charge in [0.25, 0.3) is 0 Å². The van der Waals surface area contributed by atoms with Gasteiger partial charge >= 0.3 is 0 Å². The van der Waals surface area contributed by atoms with E-state index in [1.54, 1.807) is 0 Å². The van der Waals surface area contributed by atoms with Gasteiger partial charge in [0.2, 0.25) is 0 Å². The van der Waals surface area contributed by atoms with Gasteiger partial charge in [-0.15, -0.1) is 0 Å². The standard InChI is InChI=1S/C50H35N/c1-33-32-40(30-31-47(33)51-48-16-8-6-12-43(48)44-13-7-9-17-49(44)51)38-24-22-36(23-25-38)34-18-20-35(21-19-34)37-26-28-39(29-27-37)50-45-14-4-2-10-41(45)42-11-3-5-15-46(42)50/h2-32,50H,1H3. The normalized spacial score (nSPS) is 12.3. The summed E-state index contributed by atoms with van der Waals surface area (Å²) in [4.78, 5) is 0. The maximum Gasteiger partial charge on any atom is 0.0541 e. The van der Waals surface area contributed by atoms with E-state index >= 15 is 0 Å². The number of para-hydroxylation sites is 2. The van der Waals surface area contributed by atoms with Crippen molar-refractivity contribution in [2.24, 2.45) is 0 Å². The Kier molecular flexibility index (Phi) is 6.85. The van der Waals surface area contributed by atoms with Crippen LogP contribution in [-0.4, -0.2) is 4.57 Å². The Labute approximate surface area is 298 Å². The Morgan fingerprint density at radius 1 is 0.373 bits per heavy atom. The SMILES string of the molecule is Cc1cc(-c2ccc(-c3ccc(-c4ccc(C5c6ccccc6-c6ccccc65)cc4)cc3)cc2)ccc1-n1c2ccccc2c2ccccc21. The smallest absolute Gasteiger partial charge is 0.0541 e. The molecular weight excluding hydrogens is 615 g/mol. The highest BCUT2D eigenvalue weighted by molar-refractivity contribution is 6.09. The molecule has 0 unspecified atom stereocenters. The first-order valence-electron chi connectivity index (χ1n) is 17.8. The summed E-state index contributed by atoms with van der Waals surface area (Å²) in [5.41, 5.74) is 19.2. The molecule has 9 aromatic rings. The molecule has 1 aromatic heterocycles. The molecule has 0 fully saturated rings. The van der Waals surface area contributed by atoms with E-state index < -0.39 is 0 Å². The molecular formula is C50H35N. The van der Waals surface area contributed by atoms with E-state index in [4.69, 9.17) is 0 Å². The number of aryl methyl sites for hydroxylation is 1. The second kappa shape index (κ2) is 11.9. The summed E-state index contributed by atoms with van der Waals surface area (Å²) in [5.74, 6) is 0.277. The molecule has 1 aliphatic carbocycles. The van der Waals surface area contributed by atoms with E-state index in [2.05, 4.69) is 200 Å². The zero-order chi connectivity index (χ0) is 33.9. The van der Waals surface area contributed by atoms with Crippen LogP contribution in [0.15, 0.2) is 188 Å². The van der Waals surface area contributed by atoms with Gasteiger partial charge < -0.3 is 4.57 Å². The first-order valence-corrected chi connectivity index (χ1v) is 17.8. The van der Waals surface area contributed by atoms with E-state index in [0.717, 1.165) is 0 Å². The summed E-state index contributed by atoms with van der Waals surface area (Å²) in [6.07, 6.45) is 0. The fraction of sp³-hybridized carbons (Fsp3) is 0.0400. The molecule has 0 bridgehead atoms. The topological polar surface area (TPSA) is 4.93 Å². The van der Waals surface area contributed by atoms with Crippen molar-refractivity contribution in [1.82, 2.24) is 4.57 Å². The molecule has 0 N–H and O–H groups in total. The predicted molar refractivity (Wildman–Crippen MR) is 215 cm³/mol. The molecule has 51 heavy (non-hydrogen) atoms. The van der Waals surface area contributed by atoms with E-state index in [1.807, 2.05) is 0 Å². The van der Waals surface area contributed by atoms with Gasteiger partial charge in [0.1, 0.15) is 0 Å². The maximum atomic E-state index is 2.40. The largest absolute Gasteiger partial charge is 0.309 e. The summed E-state index contributed by atoms with van der Waals surface area (Å²) in [6, 6.07) is 69.0. The average molecular weight is 650 g/mol. The maximum absolute atomic E-state index is 2.40. The lowest BCUT2D eigenvalue weighted by atomic mass is 9.88. The van der Waals surface area contributed by atoms with Crippen LogP contribution in [0.5, 0.6) is 0 Å². The Morgan fingerprint density at radius 3 is 1.25 bits per heavy atom. The molecule has 1 heterocycles. The molecule has 8 aromatic carbocycles. The molecule has 0 aliphatic heterocycles. The molecule has 0 atom stereocenters. The number of fused-ring (bicyclic) bond motifs is 6. The zero-order valence-electron chi connectivity index (χ0n) is 28.4. The Hall–Kier alpha value is -6.44. The van der Waals surface area contributed by atoms with Crippen LogP contribution in [-0.2, 0) is 0 Å². The van der Waals surface area contributed by atoms with Crippen molar-refractivity contribution in [2.45, 2.75) is 12.8 Å². The van der Waals surface area contributed by atoms with E-state index in [0.29, 0.717) is 0 Å². The Bertz CT molecular complexity index is 2630. The van der Waals surface area contributed by atoms with Crippen molar-refractivity contribution in [3.8, 4) is 50.2 Å². The van der Waals surface area contributed by atoms with Crippen LogP contribution in [0.1, 0.15) is 28.2 Å². The number of benzene rings is 8. The fourth-order valence-corrected chi connectivity index (χ4v) is 8.36. The van der Waals surface area contributed by atoms with Crippen molar-refractivity contribution >= 4 is 21.8 Å². The lowest BCUT2D eigenvalue weighted by Gasteiger charge is -2.15. The molecule has 0 saturated carbocycles. The Morgan fingerprint density at radius 2 is 0.765 bits per heavy atom. The number of hydrogen-bond acceptors (Lipinski definition) is 0. The zero-order valence-corrected chi connectivity index (χ0v) is 28.4.